The number of aryl methyl sites for hydroxylation is 1. The van der Waals surface area contributed by atoms with E-state index in [1.807, 2.05) is 0 Å². The molecule has 0 amide bonds. The maximum atomic E-state index is 13.1. The van der Waals surface area contributed by atoms with Gasteiger partial charge in [-0.15, -0.1) is 0 Å². The van der Waals surface area contributed by atoms with Crippen molar-refractivity contribution in [2.75, 3.05) is 6.61 Å². The van der Waals surface area contributed by atoms with Crippen LogP contribution < -0.4 is 0 Å². The number of fused-ring (bicyclic) bond motifs is 1. The van der Waals surface area contributed by atoms with Gasteiger partial charge in [-0.1, -0.05) is 18.6 Å². The van der Waals surface area contributed by atoms with Gasteiger partial charge in [0.1, 0.15) is 6.61 Å². The first-order valence-electron chi connectivity index (χ1n) is 11.6. The van der Waals surface area contributed by atoms with E-state index in [1.165, 1.54) is 12.1 Å². The number of allylic oxidation sites excluding steroid dienone is 1. The molecule has 0 aliphatic heterocycles. The summed E-state index contributed by atoms with van der Waals surface area (Å²) in [5, 5.41) is 8.70. The molecular weight excluding hydrogens is 502 g/mol. The number of hydrogen-bond acceptors (Lipinski definition) is 4. The smallest absolute Gasteiger partial charge is 0.389 e. The summed E-state index contributed by atoms with van der Waals surface area (Å²) in [7, 11) is 0. The molecule has 0 fully saturated rings. The highest BCUT2D eigenvalue weighted by Crippen LogP contribution is 2.37. The third kappa shape index (κ3) is 7.38. The molecule has 3 rings (SSSR count). The highest BCUT2D eigenvalue weighted by atomic mass is 19.4. The standard InChI is InChI=1S/C27H24F6O4/c28-26(29,30)20-11-16(12-21(14-20)27(31,32)33)10-19-7-6-17-13-18(8-9-23(17)25(19)37)24(36)5-3-1-2-4-22(35)15-34/h8-14,34H,1-7,15H2/b19-10+. The molecule has 0 bridgehead atoms. The molecule has 0 radical (unpaired) electrons. The number of aliphatic hydroxyl groups is 1. The second-order valence-corrected chi connectivity index (χ2v) is 8.89. The summed E-state index contributed by atoms with van der Waals surface area (Å²) in [4.78, 5) is 36.5. The molecule has 0 heterocycles. The van der Waals surface area contributed by atoms with Crippen molar-refractivity contribution in [2.45, 2.75) is 57.3 Å². The van der Waals surface area contributed by atoms with Crippen LogP contribution in [-0.4, -0.2) is 29.1 Å². The zero-order chi connectivity index (χ0) is 27.4. The summed E-state index contributed by atoms with van der Waals surface area (Å²) in [5.41, 5.74) is -1.97. The van der Waals surface area contributed by atoms with Gasteiger partial charge in [0.25, 0.3) is 0 Å². The predicted molar refractivity (Wildman–Crippen MR) is 123 cm³/mol. The monoisotopic (exact) mass is 526 g/mol. The largest absolute Gasteiger partial charge is 0.416 e. The molecule has 4 nitrogen and oxygen atoms in total. The van der Waals surface area contributed by atoms with Crippen molar-refractivity contribution in [3.05, 3.63) is 75.4 Å². The molecule has 1 N–H and O–H groups in total. The minimum atomic E-state index is -4.99. The van der Waals surface area contributed by atoms with Gasteiger partial charge in [0.2, 0.25) is 0 Å². The zero-order valence-electron chi connectivity index (χ0n) is 19.6. The third-order valence-electron chi connectivity index (χ3n) is 6.11. The highest BCUT2D eigenvalue weighted by molar-refractivity contribution is 6.13. The molecule has 198 valence electrons. The SMILES string of the molecule is O=C(CO)CCCCCC(=O)c1ccc2c(c1)CC/C(=C\c1cc(C(F)(F)F)cc(C(F)(F)F)c1)C2=O. The highest BCUT2D eigenvalue weighted by Gasteiger charge is 2.37. The molecular formula is C27H24F6O4. The number of rotatable bonds is 9. The van der Waals surface area contributed by atoms with Crippen LogP contribution in [0.25, 0.3) is 6.08 Å². The van der Waals surface area contributed by atoms with Gasteiger partial charge >= 0.3 is 12.4 Å². The molecule has 1 aliphatic carbocycles. The van der Waals surface area contributed by atoms with Crippen LogP contribution >= 0.6 is 0 Å². The lowest BCUT2D eigenvalue weighted by Gasteiger charge is -2.19. The van der Waals surface area contributed by atoms with E-state index in [0.29, 0.717) is 48.9 Å². The van der Waals surface area contributed by atoms with Crippen molar-refractivity contribution < 1.29 is 45.8 Å². The first kappa shape index (κ1) is 28.3. The van der Waals surface area contributed by atoms with Gasteiger partial charge in [0.05, 0.1) is 11.1 Å². The molecule has 0 unspecified atom stereocenters. The third-order valence-corrected chi connectivity index (χ3v) is 6.11. The normalized spacial score (nSPS) is 15.1. The summed E-state index contributed by atoms with van der Waals surface area (Å²) < 4.78 is 78.9. The molecule has 1 aliphatic rings. The Kier molecular flexibility index (Phi) is 8.73. The van der Waals surface area contributed by atoms with Gasteiger partial charge in [0.15, 0.2) is 17.3 Å². The van der Waals surface area contributed by atoms with Crippen LogP contribution in [0.1, 0.15) is 81.5 Å². The van der Waals surface area contributed by atoms with Crippen molar-refractivity contribution >= 4 is 23.4 Å². The van der Waals surface area contributed by atoms with Gasteiger partial charge in [-0.3, -0.25) is 14.4 Å². The van der Waals surface area contributed by atoms with Crippen LogP contribution in [0.4, 0.5) is 26.3 Å². The Morgan fingerprint density at radius 3 is 2.05 bits per heavy atom. The van der Waals surface area contributed by atoms with E-state index in [1.54, 1.807) is 6.07 Å². The minimum absolute atomic E-state index is 0.0349. The van der Waals surface area contributed by atoms with Crippen LogP contribution in [0.15, 0.2) is 42.0 Å². The molecule has 2 aromatic rings. The number of carbonyl (C=O) groups is 3. The topological polar surface area (TPSA) is 71.4 Å². The molecule has 0 aromatic heterocycles. The first-order chi connectivity index (χ1) is 17.3. The number of unbranched alkanes of at least 4 members (excludes halogenated alkanes) is 2. The lowest BCUT2D eigenvalue weighted by molar-refractivity contribution is -0.143. The van der Waals surface area contributed by atoms with Gasteiger partial charge in [0, 0.05) is 29.5 Å². The van der Waals surface area contributed by atoms with Gasteiger partial charge < -0.3 is 5.11 Å². The van der Waals surface area contributed by atoms with Gasteiger partial charge in [-0.25, -0.2) is 0 Å². The number of Topliss-reactive ketones (excluding diaryl/α,β-unsaturated/α-hetero) is 3. The van der Waals surface area contributed by atoms with E-state index in [4.69, 9.17) is 5.11 Å². The quantitative estimate of drug-likeness (QED) is 0.172. The fraction of sp³-hybridized carbons (Fsp3) is 0.370. The van der Waals surface area contributed by atoms with Gasteiger partial charge in [-0.05, 0) is 67.2 Å². The molecule has 0 atom stereocenters. The van der Waals surface area contributed by atoms with Crippen LogP contribution in [0.3, 0.4) is 0 Å². The fourth-order valence-corrected chi connectivity index (χ4v) is 4.16. The number of aliphatic hydroxyl groups excluding tert-OH is 1. The second kappa shape index (κ2) is 11.4. The minimum Gasteiger partial charge on any atom is -0.389 e. The number of halogens is 6. The van der Waals surface area contributed by atoms with E-state index in [0.717, 1.165) is 6.08 Å². The van der Waals surface area contributed by atoms with Crippen molar-refractivity contribution in [2.24, 2.45) is 0 Å². The Morgan fingerprint density at radius 2 is 1.46 bits per heavy atom. The Morgan fingerprint density at radius 1 is 0.838 bits per heavy atom. The lowest BCUT2D eigenvalue weighted by Crippen LogP contribution is -2.15. The van der Waals surface area contributed by atoms with Crippen molar-refractivity contribution in [1.29, 1.82) is 0 Å². The Hall–Kier alpha value is -3.27. The van der Waals surface area contributed by atoms with Crippen LogP contribution in [0, 0.1) is 0 Å². The Bertz CT molecular complexity index is 1190. The molecule has 2 aromatic carbocycles. The summed E-state index contributed by atoms with van der Waals surface area (Å²) in [6.45, 7) is -0.502. The number of carbonyl (C=O) groups excluding carboxylic acids is 3. The summed E-state index contributed by atoms with van der Waals surface area (Å²) in [6, 6.07) is 5.70. The summed E-state index contributed by atoms with van der Waals surface area (Å²) in [5.74, 6) is -0.915. The molecule has 0 spiro atoms. The number of hydrogen-bond donors (Lipinski definition) is 1. The first-order valence-corrected chi connectivity index (χ1v) is 11.6. The predicted octanol–water partition coefficient (Wildman–Crippen LogP) is 6.63. The summed E-state index contributed by atoms with van der Waals surface area (Å²) >= 11 is 0. The van der Waals surface area contributed by atoms with Crippen molar-refractivity contribution in [3.63, 3.8) is 0 Å². The molecule has 10 heteroatoms. The average molecular weight is 526 g/mol. The van der Waals surface area contributed by atoms with Crippen LogP contribution in [0.5, 0.6) is 0 Å². The summed E-state index contributed by atoms with van der Waals surface area (Å²) in [6.07, 6.45) is -6.29. The van der Waals surface area contributed by atoms with E-state index >= 15 is 0 Å². The van der Waals surface area contributed by atoms with Crippen molar-refractivity contribution in [1.82, 2.24) is 0 Å². The van der Waals surface area contributed by atoms with E-state index in [-0.39, 0.29) is 53.6 Å². The van der Waals surface area contributed by atoms with E-state index in [2.05, 4.69) is 0 Å². The van der Waals surface area contributed by atoms with E-state index in [9.17, 15) is 40.7 Å². The Labute approximate surface area is 209 Å². The number of ketones is 3. The maximum absolute atomic E-state index is 13.1. The average Bonchev–Trinajstić information content (AvgIpc) is 2.83. The Balaban J connectivity index is 1.76. The number of alkyl halides is 6. The second-order valence-electron chi connectivity index (χ2n) is 8.89. The molecule has 37 heavy (non-hydrogen) atoms. The van der Waals surface area contributed by atoms with Crippen LogP contribution in [0.2, 0.25) is 0 Å². The van der Waals surface area contributed by atoms with E-state index < -0.39 is 35.9 Å². The number of benzene rings is 2. The van der Waals surface area contributed by atoms with Crippen molar-refractivity contribution in [3.8, 4) is 0 Å². The zero-order valence-corrected chi connectivity index (χ0v) is 19.6. The maximum Gasteiger partial charge on any atom is 0.416 e. The van der Waals surface area contributed by atoms with Gasteiger partial charge in [-0.2, -0.15) is 26.3 Å². The molecule has 0 saturated carbocycles. The van der Waals surface area contributed by atoms with Crippen LogP contribution in [-0.2, 0) is 23.6 Å². The molecule has 0 saturated heterocycles. The lowest BCUT2D eigenvalue weighted by atomic mass is 9.84. The fourth-order valence-electron chi connectivity index (χ4n) is 4.16.